The number of anilines is 1. The number of carbonyl (C=O) groups excluding carboxylic acids is 2. The molecule has 2 amide bonds. The number of hydrogen-bond donors (Lipinski definition) is 2. The van der Waals surface area contributed by atoms with Gasteiger partial charge in [-0.1, -0.05) is 55.2 Å². The fourth-order valence-corrected chi connectivity index (χ4v) is 4.92. The van der Waals surface area contributed by atoms with Crippen molar-refractivity contribution < 1.29 is 18.7 Å². The van der Waals surface area contributed by atoms with Crippen molar-refractivity contribution in [2.24, 2.45) is 16.8 Å². The standard InChI is InChI=1S/C27H30Cl2FN7O3/c1-14(2)23-20-22(34-35(23)13-19(33-31)37(32)26(39)40-27(3,4)5)25(38)36(18-8-6-7-17(29)21(18)30)24(20)15-9-11-16(28)12-10-15/h6-12,14,24H,13,31-32H2,1-5H3/b33-19-. The molecule has 2 aromatic carbocycles. The topological polar surface area (TPSA) is 132 Å². The van der Waals surface area contributed by atoms with Crippen molar-refractivity contribution in [2.45, 2.75) is 58.7 Å². The van der Waals surface area contributed by atoms with Gasteiger partial charge in [0.2, 0.25) is 0 Å². The molecule has 0 aliphatic carbocycles. The number of nitrogens with two attached hydrogens (primary N) is 2. The lowest BCUT2D eigenvalue weighted by Gasteiger charge is -2.28. The van der Waals surface area contributed by atoms with Crippen molar-refractivity contribution in [3.05, 3.63) is 80.8 Å². The molecule has 13 heteroatoms. The molecule has 10 nitrogen and oxygen atoms in total. The molecule has 0 radical (unpaired) electrons. The maximum Gasteiger partial charge on any atom is 0.430 e. The number of amidine groups is 1. The summed E-state index contributed by atoms with van der Waals surface area (Å²) >= 11 is 12.2. The van der Waals surface area contributed by atoms with E-state index in [2.05, 4.69) is 10.2 Å². The molecule has 0 saturated carbocycles. The van der Waals surface area contributed by atoms with E-state index in [-0.39, 0.29) is 34.7 Å². The molecule has 0 fully saturated rings. The fraction of sp³-hybridized carbons (Fsp3) is 0.333. The molecule has 40 heavy (non-hydrogen) atoms. The third-order valence-corrected chi connectivity index (χ3v) is 6.76. The summed E-state index contributed by atoms with van der Waals surface area (Å²) in [4.78, 5) is 27.8. The van der Waals surface area contributed by atoms with Crippen LogP contribution in [0.2, 0.25) is 10.0 Å². The first-order valence-corrected chi connectivity index (χ1v) is 13.2. The maximum absolute atomic E-state index is 15.3. The Morgan fingerprint density at radius 3 is 2.42 bits per heavy atom. The maximum atomic E-state index is 15.3. The van der Waals surface area contributed by atoms with Crippen LogP contribution >= 0.6 is 23.2 Å². The quantitative estimate of drug-likeness (QED) is 0.131. The third kappa shape index (κ3) is 5.49. The van der Waals surface area contributed by atoms with Gasteiger partial charge in [-0.25, -0.2) is 15.0 Å². The van der Waals surface area contributed by atoms with Crippen LogP contribution in [0.3, 0.4) is 0 Å². The minimum absolute atomic E-state index is 0.0129. The predicted octanol–water partition coefficient (Wildman–Crippen LogP) is 5.59. The molecule has 4 N–H and O–H groups in total. The first-order chi connectivity index (χ1) is 18.7. The number of amides is 2. The highest BCUT2D eigenvalue weighted by atomic mass is 35.5. The van der Waals surface area contributed by atoms with Crippen molar-refractivity contribution in [1.29, 1.82) is 0 Å². The number of nitrogens with zero attached hydrogens (tertiary/aromatic N) is 5. The van der Waals surface area contributed by atoms with Crippen LogP contribution in [0.15, 0.2) is 47.6 Å². The highest BCUT2D eigenvalue weighted by Gasteiger charge is 2.45. The largest absolute Gasteiger partial charge is 0.442 e. The minimum Gasteiger partial charge on any atom is -0.442 e. The summed E-state index contributed by atoms with van der Waals surface area (Å²) in [5, 5.41) is 9.37. The van der Waals surface area contributed by atoms with E-state index in [0.717, 1.165) is 0 Å². The molecule has 4 rings (SSSR count). The van der Waals surface area contributed by atoms with Gasteiger partial charge >= 0.3 is 6.09 Å². The molecule has 1 aromatic heterocycles. The molecule has 0 spiro atoms. The predicted molar refractivity (Wildman–Crippen MR) is 152 cm³/mol. The Bertz CT molecular complexity index is 1480. The number of fused-ring (bicyclic) bond motifs is 1. The number of hydrazone groups is 1. The molecule has 0 saturated heterocycles. The first-order valence-electron chi connectivity index (χ1n) is 12.4. The summed E-state index contributed by atoms with van der Waals surface area (Å²) in [6.45, 7) is 8.80. The van der Waals surface area contributed by atoms with Crippen molar-refractivity contribution >= 4 is 46.7 Å². The van der Waals surface area contributed by atoms with Crippen molar-refractivity contribution in [3.8, 4) is 0 Å². The average molecular weight is 590 g/mol. The summed E-state index contributed by atoms with van der Waals surface area (Å²) in [5.41, 5.74) is 1.21. The van der Waals surface area contributed by atoms with Gasteiger partial charge in [0.05, 0.1) is 16.8 Å². The molecule has 2 heterocycles. The van der Waals surface area contributed by atoms with Crippen molar-refractivity contribution in [1.82, 2.24) is 14.8 Å². The molecular formula is C27H30Cl2FN7O3. The van der Waals surface area contributed by atoms with Gasteiger partial charge in [0.1, 0.15) is 12.1 Å². The normalized spacial score (nSPS) is 15.6. The van der Waals surface area contributed by atoms with Gasteiger partial charge in [-0.3, -0.25) is 14.4 Å². The van der Waals surface area contributed by atoms with E-state index < -0.39 is 29.5 Å². The van der Waals surface area contributed by atoms with E-state index in [1.807, 2.05) is 13.8 Å². The summed E-state index contributed by atoms with van der Waals surface area (Å²) in [7, 11) is 0. The van der Waals surface area contributed by atoms with E-state index in [1.54, 1.807) is 51.1 Å². The number of aromatic nitrogens is 2. The Morgan fingerprint density at radius 1 is 1.20 bits per heavy atom. The number of carbonyl (C=O) groups is 2. The van der Waals surface area contributed by atoms with Crippen molar-refractivity contribution in [3.63, 3.8) is 0 Å². The van der Waals surface area contributed by atoms with Gasteiger partial charge in [0, 0.05) is 16.3 Å². The number of ether oxygens (including phenoxy) is 1. The van der Waals surface area contributed by atoms with Gasteiger partial charge in [0.25, 0.3) is 5.91 Å². The smallest absolute Gasteiger partial charge is 0.430 e. The molecular weight excluding hydrogens is 560 g/mol. The molecule has 3 aromatic rings. The molecule has 212 valence electrons. The Labute approximate surface area is 241 Å². The van der Waals surface area contributed by atoms with Crippen LogP contribution in [-0.2, 0) is 11.3 Å². The SMILES string of the molecule is CC(C)c1c2c(nn1C/C(=N/N)N(N)C(=O)OC(C)(C)C)C(=O)N(c1cccc(Cl)c1F)C2c1ccc(Cl)cc1. The van der Waals surface area contributed by atoms with Gasteiger partial charge in [-0.15, -0.1) is 0 Å². The molecule has 1 atom stereocenters. The van der Waals surface area contributed by atoms with E-state index in [1.165, 1.54) is 21.7 Å². The second-order valence-corrected chi connectivity index (χ2v) is 11.4. The number of halogens is 3. The Balaban J connectivity index is 1.85. The van der Waals surface area contributed by atoms with Gasteiger partial charge in [-0.05, 0) is 56.5 Å². The lowest BCUT2D eigenvalue weighted by atomic mass is 9.94. The van der Waals surface area contributed by atoms with Crippen LogP contribution in [0.1, 0.15) is 73.9 Å². The second-order valence-electron chi connectivity index (χ2n) is 10.6. The fourth-order valence-electron chi connectivity index (χ4n) is 4.62. The van der Waals surface area contributed by atoms with Crippen LogP contribution < -0.4 is 16.6 Å². The van der Waals surface area contributed by atoms with Gasteiger partial charge in [-0.2, -0.15) is 15.2 Å². The Hall–Kier alpha value is -3.67. The number of hydrazine groups is 1. The average Bonchev–Trinajstić information content (AvgIpc) is 3.37. The van der Waals surface area contributed by atoms with E-state index >= 15 is 4.39 Å². The van der Waals surface area contributed by atoms with E-state index in [0.29, 0.717) is 26.9 Å². The second kappa shape index (κ2) is 11.1. The molecule has 1 unspecified atom stereocenters. The van der Waals surface area contributed by atoms with Crippen LogP contribution in [0.25, 0.3) is 0 Å². The Morgan fingerprint density at radius 2 is 1.85 bits per heavy atom. The van der Waals surface area contributed by atoms with E-state index in [4.69, 9.17) is 39.6 Å². The zero-order valence-electron chi connectivity index (χ0n) is 22.7. The van der Waals surface area contributed by atoms with Gasteiger partial charge < -0.3 is 10.6 Å². The zero-order valence-corrected chi connectivity index (χ0v) is 24.2. The molecule has 1 aliphatic rings. The number of benzene rings is 2. The zero-order chi connectivity index (χ0) is 29.5. The molecule has 0 bridgehead atoms. The Kier molecular flexibility index (Phi) is 8.11. The summed E-state index contributed by atoms with van der Waals surface area (Å²) in [6, 6.07) is 10.6. The number of hydrogen-bond acceptors (Lipinski definition) is 7. The monoisotopic (exact) mass is 589 g/mol. The van der Waals surface area contributed by atoms with E-state index in [9.17, 15) is 9.59 Å². The van der Waals surface area contributed by atoms with Crippen molar-refractivity contribution in [2.75, 3.05) is 4.90 Å². The number of rotatable bonds is 5. The van der Waals surface area contributed by atoms with Crippen LogP contribution in [0.4, 0.5) is 14.9 Å². The lowest BCUT2D eigenvalue weighted by molar-refractivity contribution is 0.0363. The van der Waals surface area contributed by atoms with Crippen LogP contribution in [0, 0.1) is 5.82 Å². The van der Waals surface area contributed by atoms with Crippen LogP contribution in [-0.4, -0.2) is 38.2 Å². The molecule has 1 aliphatic heterocycles. The minimum atomic E-state index is -0.861. The highest BCUT2D eigenvalue weighted by molar-refractivity contribution is 6.31. The van der Waals surface area contributed by atoms with Crippen LogP contribution in [0.5, 0.6) is 0 Å². The highest BCUT2D eigenvalue weighted by Crippen LogP contribution is 2.46. The van der Waals surface area contributed by atoms with Gasteiger partial charge in [0.15, 0.2) is 17.3 Å². The lowest BCUT2D eigenvalue weighted by Crippen LogP contribution is -2.47. The summed E-state index contributed by atoms with van der Waals surface area (Å²) < 4.78 is 22.1. The third-order valence-electron chi connectivity index (χ3n) is 6.21. The summed E-state index contributed by atoms with van der Waals surface area (Å²) in [5.74, 6) is 10.1. The summed E-state index contributed by atoms with van der Waals surface area (Å²) in [6.07, 6.45) is -0.861. The first kappa shape index (κ1) is 29.3.